The first-order valence-corrected chi connectivity index (χ1v) is 16.7. The van der Waals surface area contributed by atoms with E-state index >= 15 is 0 Å². The lowest BCUT2D eigenvalue weighted by atomic mass is 9.94. The van der Waals surface area contributed by atoms with Gasteiger partial charge in [-0.05, 0) is 81.1 Å². The van der Waals surface area contributed by atoms with Crippen LogP contribution in [0.2, 0.25) is 0 Å². The number of amides is 4. The Bertz CT molecular complexity index is 1010. The van der Waals surface area contributed by atoms with Gasteiger partial charge in [0.2, 0.25) is 23.6 Å². The van der Waals surface area contributed by atoms with Crippen molar-refractivity contribution in [1.29, 1.82) is 0 Å². The second-order valence-electron chi connectivity index (χ2n) is 14.3. The third kappa shape index (κ3) is 14.3. The van der Waals surface area contributed by atoms with Crippen molar-refractivity contribution in [3.8, 4) is 0 Å². The summed E-state index contributed by atoms with van der Waals surface area (Å²) in [4.78, 5) is 48.9. The minimum absolute atomic E-state index is 0.114. The zero-order valence-corrected chi connectivity index (χ0v) is 29.6. The Balaban J connectivity index is 0.000000479. The van der Waals surface area contributed by atoms with E-state index in [0.29, 0.717) is 13.1 Å². The molecule has 12 heteroatoms. The number of carbonyl (C=O) groups excluding carboxylic acids is 4. The zero-order chi connectivity index (χ0) is 35.0. The average molecular weight is 645 g/mol. The first kappa shape index (κ1) is 40.6. The van der Waals surface area contributed by atoms with Crippen molar-refractivity contribution in [3.63, 3.8) is 0 Å². The second-order valence-corrected chi connectivity index (χ2v) is 14.3. The fourth-order valence-corrected chi connectivity index (χ4v) is 4.66. The quantitative estimate of drug-likeness (QED) is 0.145. The molecule has 4 amide bonds. The normalized spacial score (nSPS) is 17.0. The number of nitrogens with zero attached hydrogens (tertiary/aromatic N) is 4. The van der Waals surface area contributed by atoms with Crippen LogP contribution in [-0.2, 0) is 19.2 Å². The molecule has 0 bridgehead atoms. The lowest BCUT2D eigenvalue weighted by molar-refractivity contribution is -0.128. The summed E-state index contributed by atoms with van der Waals surface area (Å²) in [7, 11) is 0. The molecule has 4 N–H and O–H groups in total. The van der Waals surface area contributed by atoms with Crippen LogP contribution >= 0.6 is 0 Å². The molecule has 260 valence electrons. The third-order valence-electron chi connectivity index (χ3n) is 8.02. The maximum absolute atomic E-state index is 12.6. The molecule has 0 spiro atoms. The van der Waals surface area contributed by atoms with Crippen molar-refractivity contribution < 1.29 is 19.2 Å². The molecule has 0 aromatic rings. The van der Waals surface area contributed by atoms with Crippen molar-refractivity contribution in [2.45, 2.75) is 154 Å². The largest absolute Gasteiger partial charge is 0.351 e. The molecule has 0 radical (unpaired) electrons. The molecular weight excluding hydrogens is 584 g/mol. The Morgan fingerprint density at radius 1 is 0.522 bits per heavy atom. The number of azo groups is 2. The van der Waals surface area contributed by atoms with Crippen LogP contribution in [0.3, 0.4) is 0 Å². The molecule has 2 rings (SSSR count). The van der Waals surface area contributed by atoms with Crippen molar-refractivity contribution in [2.75, 3.05) is 13.1 Å². The van der Waals surface area contributed by atoms with E-state index in [-0.39, 0.29) is 35.7 Å². The van der Waals surface area contributed by atoms with Gasteiger partial charge in [-0.2, -0.15) is 20.5 Å². The highest BCUT2D eigenvalue weighted by Gasteiger charge is 2.34. The maximum atomic E-state index is 12.6. The number of rotatable bonds is 14. The molecule has 0 saturated heterocycles. The minimum Gasteiger partial charge on any atom is -0.351 e. The van der Waals surface area contributed by atoms with Crippen LogP contribution in [0.25, 0.3) is 0 Å². The first-order valence-electron chi connectivity index (χ1n) is 16.7. The number of hydrogen-bond acceptors (Lipinski definition) is 8. The van der Waals surface area contributed by atoms with Gasteiger partial charge in [0.15, 0.2) is 22.2 Å². The molecule has 2 saturated carbocycles. The highest BCUT2D eigenvalue weighted by atomic mass is 16.2. The predicted octanol–water partition coefficient (Wildman–Crippen LogP) is 5.49. The summed E-state index contributed by atoms with van der Waals surface area (Å²) >= 11 is 0. The summed E-state index contributed by atoms with van der Waals surface area (Å²) in [6.45, 7) is 21.3. The molecule has 2 aliphatic carbocycles. The van der Waals surface area contributed by atoms with Crippen LogP contribution in [0.15, 0.2) is 45.8 Å². The van der Waals surface area contributed by atoms with Crippen LogP contribution in [0.4, 0.5) is 0 Å². The van der Waals surface area contributed by atoms with Crippen LogP contribution in [0.1, 0.15) is 120 Å². The number of hydrogen-bond donors (Lipinski definition) is 4. The van der Waals surface area contributed by atoms with Gasteiger partial charge in [-0.3, -0.25) is 19.2 Å². The fourth-order valence-electron chi connectivity index (χ4n) is 4.66. The Morgan fingerprint density at radius 3 is 1.04 bits per heavy atom. The van der Waals surface area contributed by atoms with Gasteiger partial charge < -0.3 is 21.3 Å². The van der Waals surface area contributed by atoms with E-state index < -0.39 is 22.2 Å². The molecule has 12 nitrogen and oxygen atoms in total. The molecular formula is C34H60N8O4. The van der Waals surface area contributed by atoms with Crippen molar-refractivity contribution in [2.24, 2.45) is 20.5 Å². The third-order valence-corrected chi connectivity index (χ3v) is 8.02. The maximum Gasteiger partial charge on any atom is 0.249 e. The van der Waals surface area contributed by atoms with Crippen LogP contribution in [-0.4, -0.2) is 71.0 Å². The van der Waals surface area contributed by atoms with Crippen LogP contribution < -0.4 is 21.3 Å². The summed E-state index contributed by atoms with van der Waals surface area (Å²) in [6.07, 6.45) is 14.5. The van der Waals surface area contributed by atoms with Gasteiger partial charge in [0.1, 0.15) is 0 Å². The van der Waals surface area contributed by atoms with Gasteiger partial charge in [0, 0.05) is 25.2 Å². The average Bonchev–Trinajstić information content (AvgIpc) is 3.01. The van der Waals surface area contributed by atoms with Gasteiger partial charge in [-0.1, -0.05) is 50.7 Å². The first-order chi connectivity index (χ1) is 21.4. The van der Waals surface area contributed by atoms with Crippen molar-refractivity contribution >= 4 is 23.6 Å². The van der Waals surface area contributed by atoms with E-state index in [9.17, 15) is 19.2 Å². The Morgan fingerprint density at radius 2 is 0.783 bits per heavy atom. The van der Waals surface area contributed by atoms with E-state index in [1.807, 2.05) is 0 Å². The molecule has 46 heavy (non-hydrogen) atoms. The zero-order valence-electron chi connectivity index (χ0n) is 29.6. The van der Waals surface area contributed by atoms with Crippen molar-refractivity contribution in [3.05, 3.63) is 25.3 Å². The SMILES string of the molecule is C=CCNC(=O)C(C)(C)N=NC(C)(C)C(=O)NCC=C.CC(C)(N=NC(C)(C)C(=O)NC1CCCCC1)C(=O)NC1CCCCC1. The smallest absolute Gasteiger partial charge is 0.249 e. The van der Waals surface area contributed by atoms with E-state index in [4.69, 9.17) is 0 Å². The van der Waals surface area contributed by atoms with E-state index in [1.54, 1.807) is 67.5 Å². The molecule has 0 aromatic carbocycles. The van der Waals surface area contributed by atoms with Gasteiger partial charge in [0.05, 0.1) is 0 Å². The van der Waals surface area contributed by atoms with Crippen LogP contribution in [0, 0.1) is 0 Å². The Kier molecular flexibility index (Phi) is 16.4. The highest BCUT2D eigenvalue weighted by molar-refractivity contribution is 5.87. The van der Waals surface area contributed by atoms with Gasteiger partial charge >= 0.3 is 0 Å². The number of carbonyl (C=O) groups is 4. The lowest BCUT2D eigenvalue weighted by Crippen LogP contribution is -2.48. The lowest BCUT2D eigenvalue weighted by Gasteiger charge is -2.28. The monoisotopic (exact) mass is 644 g/mol. The summed E-state index contributed by atoms with van der Waals surface area (Å²) < 4.78 is 0. The topological polar surface area (TPSA) is 166 Å². The summed E-state index contributed by atoms with van der Waals surface area (Å²) in [5.74, 6) is -0.778. The summed E-state index contributed by atoms with van der Waals surface area (Å²) in [5, 5.41) is 28.0. The van der Waals surface area contributed by atoms with E-state index in [1.165, 1.54) is 38.5 Å². The minimum atomic E-state index is -1.04. The highest BCUT2D eigenvalue weighted by Crippen LogP contribution is 2.22. The molecule has 0 atom stereocenters. The molecule has 0 heterocycles. The predicted molar refractivity (Wildman–Crippen MR) is 182 cm³/mol. The Hall–Kier alpha value is -3.44. The Labute approximate surface area is 276 Å². The standard InChI is InChI=1S/C20H36N4O2.C14H24N4O2/c1-19(2,17(25)21-15-11-7-5-8-12-15)23-24-20(3,4)18(26)22-16-13-9-6-10-14-16;1-7-9-15-11(19)13(3,4)17-18-14(5,6)12(20)16-10-8-2/h15-16H,5-14H2,1-4H3,(H,21,25)(H,22,26);7-8H,1-2,9-10H2,3-6H3,(H,15,19)(H,16,20). The van der Waals surface area contributed by atoms with E-state index in [0.717, 1.165) is 25.7 Å². The van der Waals surface area contributed by atoms with Crippen LogP contribution in [0.5, 0.6) is 0 Å². The van der Waals surface area contributed by atoms with Gasteiger partial charge in [-0.15, -0.1) is 13.2 Å². The molecule has 0 aromatic heterocycles. The van der Waals surface area contributed by atoms with Gasteiger partial charge in [-0.25, -0.2) is 0 Å². The molecule has 0 aliphatic heterocycles. The summed E-state index contributed by atoms with van der Waals surface area (Å²) in [5.41, 5.74) is -4.03. The number of nitrogens with one attached hydrogen (secondary N) is 4. The molecule has 2 aliphatic rings. The fraction of sp³-hybridized carbons (Fsp3) is 0.765. The molecule has 0 unspecified atom stereocenters. The van der Waals surface area contributed by atoms with E-state index in [2.05, 4.69) is 54.9 Å². The second kappa shape index (κ2) is 18.6. The van der Waals surface area contributed by atoms with Gasteiger partial charge in [0.25, 0.3) is 0 Å². The van der Waals surface area contributed by atoms with Crippen molar-refractivity contribution in [1.82, 2.24) is 21.3 Å². The summed E-state index contributed by atoms with van der Waals surface area (Å²) in [6, 6.07) is 0.488. The molecule has 2 fully saturated rings.